The summed E-state index contributed by atoms with van der Waals surface area (Å²) in [6.45, 7) is 2.25. The summed E-state index contributed by atoms with van der Waals surface area (Å²) in [5.74, 6) is 0.0583. The van der Waals surface area contributed by atoms with Gasteiger partial charge in [0.2, 0.25) is 0 Å². The van der Waals surface area contributed by atoms with Crippen LogP contribution in [0, 0.1) is 5.92 Å². The number of nitrogens with zero attached hydrogens (tertiary/aromatic N) is 1. The van der Waals surface area contributed by atoms with Crippen LogP contribution < -0.4 is 0 Å². The number of aromatic nitrogens is 1. The molecule has 0 aromatic carbocycles. The van der Waals surface area contributed by atoms with Gasteiger partial charge in [0.25, 0.3) is 0 Å². The predicted octanol–water partition coefficient (Wildman–Crippen LogP) is 2.40. The first kappa shape index (κ1) is 10.4. The summed E-state index contributed by atoms with van der Waals surface area (Å²) in [5, 5.41) is 0.474. The largest absolute Gasteiger partial charge is 0.466 e. The summed E-state index contributed by atoms with van der Waals surface area (Å²) in [7, 11) is 0. The number of hydrogen-bond acceptors (Lipinski definition) is 3. The summed E-state index contributed by atoms with van der Waals surface area (Å²) in [6.07, 6.45) is 0.826. The summed E-state index contributed by atoms with van der Waals surface area (Å²) < 4.78 is 4.95. The lowest BCUT2D eigenvalue weighted by molar-refractivity contribution is -0.144. The fourth-order valence-corrected chi connectivity index (χ4v) is 1.83. The van der Waals surface area contributed by atoms with Crippen LogP contribution in [0.2, 0.25) is 5.15 Å². The van der Waals surface area contributed by atoms with Crippen molar-refractivity contribution < 1.29 is 9.53 Å². The number of pyridine rings is 1. The SMILES string of the molecule is CCOC(=O)C1CC1c1cccc(Cl)n1. The minimum absolute atomic E-state index is 0.0177. The van der Waals surface area contributed by atoms with Gasteiger partial charge in [-0.05, 0) is 25.5 Å². The highest BCUT2D eigenvalue weighted by atomic mass is 35.5. The van der Waals surface area contributed by atoms with Crippen molar-refractivity contribution in [2.45, 2.75) is 19.3 Å². The van der Waals surface area contributed by atoms with Gasteiger partial charge in [0, 0.05) is 11.6 Å². The molecular weight excluding hydrogens is 214 g/mol. The highest BCUT2D eigenvalue weighted by molar-refractivity contribution is 6.29. The summed E-state index contributed by atoms with van der Waals surface area (Å²) in [4.78, 5) is 15.6. The number of rotatable bonds is 3. The Morgan fingerprint density at radius 3 is 3.13 bits per heavy atom. The molecule has 1 saturated carbocycles. The van der Waals surface area contributed by atoms with Crippen LogP contribution in [-0.4, -0.2) is 17.6 Å². The van der Waals surface area contributed by atoms with Crippen molar-refractivity contribution in [3.05, 3.63) is 29.0 Å². The van der Waals surface area contributed by atoms with E-state index in [1.54, 1.807) is 6.07 Å². The number of hydrogen-bond donors (Lipinski definition) is 0. The topological polar surface area (TPSA) is 39.2 Å². The molecule has 0 N–H and O–H groups in total. The van der Waals surface area contributed by atoms with Crippen molar-refractivity contribution in [1.82, 2.24) is 4.98 Å². The maximum Gasteiger partial charge on any atom is 0.309 e. The molecule has 2 rings (SSSR count). The number of carbonyl (C=O) groups is 1. The Kier molecular flexibility index (Phi) is 2.91. The Morgan fingerprint density at radius 1 is 1.67 bits per heavy atom. The van der Waals surface area contributed by atoms with E-state index in [2.05, 4.69) is 4.98 Å². The van der Waals surface area contributed by atoms with Crippen molar-refractivity contribution in [2.24, 2.45) is 5.92 Å². The molecule has 15 heavy (non-hydrogen) atoms. The van der Waals surface area contributed by atoms with Crippen LogP contribution in [0.25, 0.3) is 0 Å². The Balaban J connectivity index is 2.01. The van der Waals surface area contributed by atoms with E-state index in [0.717, 1.165) is 12.1 Å². The first-order valence-corrected chi connectivity index (χ1v) is 5.39. The number of esters is 1. The van der Waals surface area contributed by atoms with E-state index in [9.17, 15) is 4.79 Å². The van der Waals surface area contributed by atoms with Crippen molar-refractivity contribution in [3.8, 4) is 0 Å². The minimum Gasteiger partial charge on any atom is -0.466 e. The molecule has 80 valence electrons. The molecule has 0 bridgehead atoms. The molecule has 1 aromatic rings. The van der Waals surface area contributed by atoms with Gasteiger partial charge in [-0.1, -0.05) is 17.7 Å². The van der Waals surface area contributed by atoms with Gasteiger partial charge >= 0.3 is 5.97 Å². The maximum atomic E-state index is 11.4. The Hall–Kier alpha value is -1.09. The van der Waals surface area contributed by atoms with Crippen LogP contribution in [0.15, 0.2) is 18.2 Å². The van der Waals surface area contributed by atoms with Crippen molar-refractivity contribution >= 4 is 17.6 Å². The van der Waals surface area contributed by atoms with Crippen molar-refractivity contribution in [2.75, 3.05) is 6.61 Å². The molecular formula is C11H12ClNO2. The van der Waals surface area contributed by atoms with Gasteiger partial charge in [0.05, 0.1) is 12.5 Å². The van der Waals surface area contributed by atoms with Crippen LogP contribution in [0.3, 0.4) is 0 Å². The molecule has 2 unspecified atom stereocenters. The van der Waals surface area contributed by atoms with E-state index >= 15 is 0 Å². The molecule has 1 fully saturated rings. The van der Waals surface area contributed by atoms with Gasteiger partial charge in [-0.15, -0.1) is 0 Å². The minimum atomic E-state index is -0.121. The van der Waals surface area contributed by atoms with Crippen molar-refractivity contribution in [3.63, 3.8) is 0 Å². The smallest absolute Gasteiger partial charge is 0.309 e. The normalized spacial score (nSPS) is 23.6. The van der Waals surface area contributed by atoms with Gasteiger partial charge in [-0.3, -0.25) is 4.79 Å². The third-order valence-electron chi connectivity index (χ3n) is 2.50. The maximum absolute atomic E-state index is 11.4. The lowest BCUT2D eigenvalue weighted by Gasteiger charge is -2.01. The first-order chi connectivity index (χ1) is 7.22. The Bertz CT molecular complexity index is 381. The zero-order valence-corrected chi connectivity index (χ0v) is 9.20. The summed E-state index contributed by atoms with van der Waals surface area (Å²) >= 11 is 5.78. The van der Waals surface area contributed by atoms with E-state index in [-0.39, 0.29) is 17.8 Å². The van der Waals surface area contributed by atoms with Gasteiger partial charge in [-0.25, -0.2) is 4.98 Å². The summed E-state index contributed by atoms with van der Waals surface area (Å²) in [5.41, 5.74) is 0.889. The second-order valence-corrected chi connectivity index (χ2v) is 3.97. The molecule has 0 spiro atoms. The number of carbonyl (C=O) groups excluding carboxylic acids is 1. The second kappa shape index (κ2) is 4.19. The monoisotopic (exact) mass is 225 g/mol. The predicted molar refractivity (Wildman–Crippen MR) is 56.7 cm³/mol. The molecule has 1 heterocycles. The molecule has 0 amide bonds. The molecule has 0 radical (unpaired) electrons. The quantitative estimate of drug-likeness (QED) is 0.586. The van der Waals surface area contributed by atoms with Crippen molar-refractivity contribution in [1.29, 1.82) is 0 Å². The average Bonchev–Trinajstić information content (AvgIpc) is 2.97. The molecule has 4 heteroatoms. The van der Waals surface area contributed by atoms with Crippen LogP contribution in [0.1, 0.15) is 25.0 Å². The molecule has 1 aromatic heterocycles. The Labute approximate surface area is 93.4 Å². The fraction of sp³-hybridized carbons (Fsp3) is 0.455. The average molecular weight is 226 g/mol. The van der Waals surface area contributed by atoms with E-state index < -0.39 is 0 Å². The molecule has 0 saturated heterocycles. The van der Waals surface area contributed by atoms with Crippen LogP contribution in [0.4, 0.5) is 0 Å². The standard InChI is InChI=1S/C11H12ClNO2/c1-2-15-11(14)8-6-7(8)9-4-3-5-10(12)13-9/h3-5,7-8H,2,6H2,1H3. The zero-order valence-electron chi connectivity index (χ0n) is 8.44. The zero-order chi connectivity index (χ0) is 10.8. The van der Waals surface area contributed by atoms with Gasteiger partial charge in [-0.2, -0.15) is 0 Å². The van der Waals surface area contributed by atoms with Crippen LogP contribution >= 0.6 is 11.6 Å². The highest BCUT2D eigenvalue weighted by Crippen LogP contribution is 2.47. The van der Waals surface area contributed by atoms with Crippen LogP contribution in [-0.2, 0) is 9.53 Å². The number of halogens is 1. The Morgan fingerprint density at radius 2 is 2.47 bits per heavy atom. The van der Waals surface area contributed by atoms with Crippen LogP contribution in [0.5, 0.6) is 0 Å². The summed E-state index contributed by atoms with van der Waals surface area (Å²) in [6, 6.07) is 5.48. The molecule has 1 aliphatic rings. The van der Waals surface area contributed by atoms with E-state index in [0.29, 0.717) is 11.8 Å². The molecule has 0 aliphatic heterocycles. The lowest BCUT2D eigenvalue weighted by atomic mass is 10.2. The van der Waals surface area contributed by atoms with Gasteiger partial charge in [0.1, 0.15) is 5.15 Å². The first-order valence-electron chi connectivity index (χ1n) is 5.01. The molecule has 3 nitrogen and oxygen atoms in total. The molecule has 2 atom stereocenters. The van der Waals surface area contributed by atoms with E-state index in [4.69, 9.17) is 16.3 Å². The van der Waals surface area contributed by atoms with Gasteiger partial charge in [0.15, 0.2) is 0 Å². The third kappa shape index (κ3) is 2.29. The lowest BCUT2D eigenvalue weighted by Crippen LogP contribution is -2.07. The fourth-order valence-electron chi connectivity index (χ4n) is 1.66. The highest BCUT2D eigenvalue weighted by Gasteiger charge is 2.46. The third-order valence-corrected chi connectivity index (χ3v) is 2.71. The number of ether oxygens (including phenoxy) is 1. The van der Waals surface area contributed by atoms with E-state index in [1.165, 1.54) is 0 Å². The molecule has 1 aliphatic carbocycles. The van der Waals surface area contributed by atoms with Gasteiger partial charge < -0.3 is 4.74 Å². The van der Waals surface area contributed by atoms with E-state index in [1.807, 2.05) is 19.1 Å². The second-order valence-electron chi connectivity index (χ2n) is 3.59.